The molecule has 6 heteroatoms. The molecule has 1 unspecified atom stereocenters. The first-order valence-corrected chi connectivity index (χ1v) is 8.46. The molecule has 0 fully saturated rings. The fourth-order valence-electron chi connectivity index (χ4n) is 1.22. The summed E-state index contributed by atoms with van der Waals surface area (Å²) >= 11 is 3.12. The van der Waals surface area contributed by atoms with E-state index in [-0.39, 0.29) is 5.91 Å². The van der Waals surface area contributed by atoms with Crippen LogP contribution in [0, 0.1) is 0 Å². The van der Waals surface area contributed by atoms with Gasteiger partial charge < -0.3 is 0 Å². The molecule has 19 heavy (non-hydrogen) atoms. The minimum Gasteiger partial charge on any atom is -0.269 e. The van der Waals surface area contributed by atoms with E-state index in [4.69, 9.17) is 0 Å². The van der Waals surface area contributed by atoms with Crippen molar-refractivity contribution in [2.45, 2.75) is 0 Å². The van der Waals surface area contributed by atoms with Gasteiger partial charge in [-0.3, -0.25) is 9.52 Å². The van der Waals surface area contributed by atoms with Gasteiger partial charge in [0.05, 0.1) is 0 Å². The van der Waals surface area contributed by atoms with Crippen molar-refractivity contribution >= 4 is 51.7 Å². The average Bonchev–Trinajstić information content (AvgIpc) is 3.07. The fraction of sp³-hybridized carbons (Fsp3) is 0. The summed E-state index contributed by atoms with van der Waals surface area (Å²) in [5.74, 6) is -0.375. The van der Waals surface area contributed by atoms with Crippen molar-refractivity contribution in [3.05, 3.63) is 56.3 Å². The summed E-state index contributed by atoms with van der Waals surface area (Å²) in [6, 6.07) is 3.82. The Labute approximate surface area is 121 Å². The molecule has 98 valence electrons. The van der Waals surface area contributed by atoms with Gasteiger partial charge >= 0.3 is 0 Å². The third kappa shape index (κ3) is 4.94. The number of amides is 1. The third-order valence-corrected chi connectivity index (χ3v) is 4.29. The predicted octanol–water partition coefficient (Wildman–Crippen LogP) is 3.27. The first-order chi connectivity index (χ1) is 9.24. The molecule has 0 aliphatic rings. The second-order valence-electron chi connectivity index (χ2n) is 3.51. The van der Waals surface area contributed by atoms with Crippen molar-refractivity contribution in [3.63, 3.8) is 0 Å². The van der Waals surface area contributed by atoms with Crippen molar-refractivity contribution in [1.29, 1.82) is 0 Å². The second kappa shape index (κ2) is 7.18. The molecule has 1 N–H and O–H groups in total. The molecule has 3 nitrogen and oxygen atoms in total. The fourth-order valence-corrected chi connectivity index (χ4v) is 3.09. The third-order valence-electron chi connectivity index (χ3n) is 2.10. The van der Waals surface area contributed by atoms with Crippen molar-refractivity contribution in [2.75, 3.05) is 0 Å². The molecule has 2 aromatic rings. The van der Waals surface area contributed by atoms with E-state index in [9.17, 15) is 9.00 Å². The van der Waals surface area contributed by atoms with E-state index in [2.05, 4.69) is 4.72 Å². The Morgan fingerprint density at radius 2 is 1.74 bits per heavy atom. The monoisotopic (exact) mass is 309 g/mol. The van der Waals surface area contributed by atoms with Crippen LogP contribution in [0.2, 0.25) is 0 Å². The summed E-state index contributed by atoms with van der Waals surface area (Å²) in [7, 11) is -1.51. The van der Waals surface area contributed by atoms with Crippen LogP contribution in [0.4, 0.5) is 0 Å². The smallest absolute Gasteiger partial charge is 0.255 e. The van der Waals surface area contributed by atoms with E-state index in [1.54, 1.807) is 34.8 Å². The van der Waals surface area contributed by atoms with Gasteiger partial charge in [-0.15, -0.1) is 0 Å². The van der Waals surface area contributed by atoms with Crippen LogP contribution in [0.15, 0.2) is 45.1 Å². The Balaban J connectivity index is 1.83. The minimum absolute atomic E-state index is 0.375. The number of carbonyl (C=O) groups excluding carboxylic acids is 1. The molecule has 2 heterocycles. The molecule has 2 aromatic heterocycles. The summed E-state index contributed by atoms with van der Waals surface area (Å²) in [4.78, 5) is 11.5. The molecule has 0 radical (unpaired) electrons. The van der Waals surface area contributed by atoms with Crippen LogP contribution >= 0.6 is 22.7 Å². The zero-order valence-electron chi connectivity index (χ0n) is 9.81. The largest absolute Gasteiger partial charge is 0.269 e. The molecule has 1 atom stereocenters. The predicted molar refractivity (Wildman–Crippen MR) is 83.0 cm³/mol. The van der Waals surface area contributed by atoms with Crippen molar-refractivity contribution in [1.82, 2.24) is 4.72 Å². The number of hydrogen-bond donors (Lipinski definition) is 1. The molecular weight excluding hydrogens is 298 g/mol. The van der Waals surface area contributed by atoms with Crippen LogP contribution in [-0.4, -0.2) is 10.1 Å². The van der Waals surface area contributed by atoms with Crippen LogP contribution < -0.4 is 4.72 Å². The molecule has 0 bridgehead atoms. The summed E-state index contributed by atoms with van der Waals surface area (Å²) in [6.45, 7) is 0. The van der Waals surface area contributed by atoms with E-state index in [1.165, 1.54) is 11.5 Å². The van der Waals surface area contributed by atoms with Crippen LogP contribution in [0.25, 0.3) is 12.2 Å². The molecule has 0 aliphatic carbocycles. The highest BCUT2D eigenvalue weighted by molar-refractivity contribution is 7.86. The van der Waals surface area contributed by atoms with Gasteiger partial charge in [0.1, 0.15) is 11.0 Å². The van der Waals surface area contributed by atoms with Crippen molar-refractivity contribution < 1.29 is 9.00 Å². The Hall–Kier alpha value is -1.50. The topological polar surface area (TPSA) is 46.2 Å². The summed E-state index contributed by atoms with van der Waals surface area (Å²) in [5, 5.41) is 9.19. The number of hydrogen-bond acceptors (Lipinski definition) is 4. The second-order valence-corrected chi connectivity index (χ2v) is 6.14. The summed E-state index contributed by atoms with van der Waals surface area (Å²) in [6.07, 6.45) is 4.78. The van der Waals surface area contributed by atoms with E-state index in [0.717, 1.165) is 11.1 Å². The minimum atomic E-state index is -1.51. The maximum absolute atomic E-state index is 11.6. The van der Waals surface area contributed by atoms with E-state index in [1.807, 2.05) is 33.7 Å². The van der Waals surface area contributed by atoms with Gasteiger partial charge in [-0.2, -0.15) is 22.7 Å². The Morgan fingerprint density at radius 3 is 2.32 bits per heavy atom. The molecule has 2 rings (SSSR count). The molecule has 0 aromatic carbocycles. The molecule has 0 saturated carbocycles. The van der Waals surface area contributed by atoms with Gasteiger partial charge in [0.2, 0.25) is 0 Å². The Bertz CT molecular complexity index is 544. The van der Waals surface area contributed by atoms with Crippen molar-refractivity contribution in [2.24, 2.45) is 0 Å². The van der Waals surface area contributed by atoms with Gasteiger partial charge in [-0.25, -0.2) is 4.21 Å². The van der Waals surface area contributed by atoms with Crippen molar-refractivity contribution in [3.8, 4) is 0 Å². The highest BCUT2D eigenvalue weighted by Crippen LogP contribution is 2.08. The molecule has 1 amide bonds. The lowest BCUT2D eigenvalue weighted by atomic mass is 10.3. The summed E-state index contributed by atoms with van der Waals surface area (Å²) in [5.41, 5.74) is 1.93. The van der Waals surface area contributed by atoms with Crippen LogP contribution in [0.3, 0.4) is 0 Å². The quantitative estimate of drug-likeness (QED) is 0.862. The Kier molecular flexibility index (Phi) is 5.26. The van der Waals surface area contributed by atoms with Crippen LogP contribution in [0.5, 0.6) is 0 Å². The Morgan fingerprint density at radius 1 is 1.11 bits per heavy atom. The molecule has 0 spiro atoms. The van der Waals surface area contributed by atoms with Crippen LogP contribution in [-0.2, 0) is 15.8 Å². The average molecular weight is 309 g/mol. The van der Waals surface area contributed by atoms with Gasteiger partial charge in [0, 0.05) is 11.5 Å². The molecule has 0 aliphatic heterocycles. The first-order valence-electron chi connectivity index (χ1n) is 5.36. The molecular formula is C13H11NO2S3. The number of nitrogens with one attached hydrogen (secondary N) is 1. The zero-order chi connectivity index (χ0) is 13.5. The van der Waals surface area contributed by atoms with Crippen LogP contribution in [0.1, 0.15) is 11.1 Å². The molecule has 0 saturated heterocycles. The lowest BCUT2D eigenvalue weighted by Crippen LogP contribution is -2.21. The number of carbonyl (C=O) groups is 1. The van der Waals surface area contributed by atoms with Gasteiger partial charge in [0.15, 0.2) is 0 Å². The maximum atomic E-state index is 11.6. The number of thiophene rings is 2. The summed E-state index contributed by atoms with van der Waals surface area (Å²) < 4.78 is 13.9. The van der Waals surface area contributed by atoms with E-state index < -0.39 is 11.0 Å². The maximum Gasteiger partial charge on any atom is 0.255 e. The highest BCUT2D eigenvalue weighted by atomic mass is 32.2. The number of rotatable bonds is 5. The normalized spacial score (nSPS) is 13.1. The van der Waals surface area contributed by atoms with E-state index >= 15 is 0 Å². The highest BCUT2D eigenvalue weighted by Gasteiger charge is 1.99. The van der Waals surface area contributed by atoms with Gasteiger partial charge in [-0.05, 0) is 56.9 Å². The lowest BCUT2D eigenvalue weighted by molar-refractivity contribution is -0.114. The van der Waals surface area contributed by atoms with E-state index in [0.29, 0.717) is 0 Å². The SMILES string of the molecule is O=C(/C=C/c1ccsc1)NS(=O)/C=C/c1ccsc1. The van der Waals surface area contributed by atoms with Gasteiger partial charge in [-0.1, -0.05) is 0 Å². The zero-order valence-corrected chi connectivity index (χ0v) is 12.3. The first kappa shape index (κ1) is 13.9. The lowest BCUT2D eigenvalue weighted by Gasteiger charge is -1.95. The van der Waals surface area contributed by atoms with Gasteiger partial charge in [0.25, 0.3) is 5.91 Å². The standard InChI is InChI=1S/C13H11NO2S3/c15-13(2-1-11-3-6-17-9-11)14-19(16)8-5-12-4-7-18-10-12/h1-10H,(H,14,15)/b2-1+,8-5+.